The fraction of sp³-hybridized carbons (Fsp3) is 0.353. The van der Waals surface area contributed by atoms with Gasteiger partial charge in [-0.3, -0.25) is 4.79 Å². The average Bonchev–Trinajstić information content (AvgIpc) is 3.10. The Balaban J connectivity index is 0.00000192. The fourth-order valence-electron chi connectivity index (χ4n) is 3.16. The van der Waals surface area contributed by atoms with E-state index in [0.717, 1.165) is 27.3 Å². The van der Waals surface area contributed by atoms with Gasteiger partial charge in [0.25, 0.3) is 5.91 Å². The summed E-state index contributed by atoms with van der Waals surface area (Å²) >= 11 is 5.11. The first-order chi connectivity index (χ1) is 10.6. The molecule has 1 aliphatic heterocycles. The number of nitrogens with two attached hydrogens (primary N) is 1. The number of likely N-dealkylation sites (tertiary alicyclic amines) is 1. The summed E-state index contributed by atoms with van der Waals surface area (Å²) in [7, 11) is 0. The molecular formula is C17H20BrClN2OS. The van der Waals surface area contributed by atoms with E-state index in [1.54, 1.807) is 11.3 Å². The van der Waals surface area contributed by atoms with E-state index in [2.05, 4.69) is 28.1 Å². The van der Waals surface area contributed by atoms with E-state index in [4.69, 9.17) is 5.73 Å². The molecule has 2 aromatic rings. The Kier molecular flexibility index (Phi) is 6.26. The van der Waals surface area contributed by atoms with Crippen molar-refractivity contribution in [2.24, 2.45) is 11.7 Å². The predicted molar refractivity (Wildman–Crippen MR) is 102 cm³/mol. The Morgan fingerprint density at radius 1 is 1.35 bits per heavy atom. The Hall–Kier alpha value is -0.880. The SMILES string of the molecule is Cc1cc(C(=O)N2C[C@@H](CN)[C@H](c3ccccc3)C2)c(Br)s1.Cl. The number of halogens is 2. The molecule has 124 valence electrons. The molecule has 1 aliphatic rings. The highest BCUT2D eigenvalue weighted by molar-refractivity contribution is 9.11. The van der Waals surface area contributed by atoms with Gasteiger partial charge in [-0.05, 0) is 46.9 Å². The van der Waals surface area contributed by atoms with Crippen molar-refractivity contribution in [3.8, 4) is 0 Å². The zero-order chi connectivity index (χ0) is 15.7. The molecule has 1 aromatic carbocycles. The van der Waals surface area contributed by atoms with Crippen LogP contribution in [0.3, 0.4) is 0 Å². The van der Waals surface area contributed by atoms with Crippen LogP contribution in [0.1, 0.15) is 26.7 Å². The molecular weight excluding hydrogens is 396 g/mol. The van der Waals surface area contributed by atoms with E-state index in [-0.39, 0.29) is 18.3 Å². The van der Waals surface area contributed by atoms with Gasteiger partial charge < -0.3 is 10.6 Å². The first-order valence-electron chi connectivity index (χ1n) is 7.40. The number of carbonyl (C=O) groups is 1. The minimum Gasteiger partial charge on any atom is -0.338 e. The quantitative estimate of drug-likeness (QED) is 0.822. The lowest BCUT2D eigenvalue weighted by Crippen LogP contribution is -2.29. The number of hydrogen-bond donors (Lipinski definition) is 1. The highest BCUT2D eigenvalue weighted by Crippen LogP contribution is 2.35. The van der Waals surface area contributed by atoms with Crippen LogP contribution in [0.4, 0.5) is 0 Å². The van der Waals surface area contributed by atoms with Crippen LogP contribution in [0.5, 0.6) is 0 Å². The molecule has 3 rings (SSSR count). The van der Waals surface area contributed by atoms with E-state index >= 15 is 0 Å². The summed E-state index contributed by atoms with van der Waals surface area (Å²) in [5.74, 6) is 0.756. The molecule has 2 N–H and O–H groups in total. The van der Waals surface area contributed by atoms with E-state index in [0.29, 0.717) is 18.4 Å². The van der Waals surface area contributed by atoms with Crippen LogP contribution in [0.15, 0.2) is 40.2 Å². The van der Waals surface area contributed by atoms with Crippen LogP contribution in [-0.4, -0.2) is 30.4 Å². The molecule has 23 heavy (non-hydrogen) atoms. The number of nitrogens with zero attached hydrogens (tertiary/aromatic N) is 1. The lowest BCUT2D eigenvalue weighted by atomic mass is 9.89. The predicted octanol–water partition coefficient (Wildman–Crippen LogP) is 4.06. The van der Waals surface area contributed by atoms with Crippen molar-refractivity contribution in [1.29, 1.82) is 0 Å². The number of rotatable bonds is 3. The summed E-state index contributed by atoms with van der Waals surface area (Å²) < 4.78 is 0.919. The number of benzene rings is 1. The maximum absolute atomic E-state index is 12.8. The maximum atomic E-state index is 12.8. The van der Waals surface area contributed by atoms with Crippen LogP contribution in [0, 0.1) is 12.8 Å². The Labute approximate surface area is 155 Å². The van der Waals surface area contributed by atoms with Crippen LogP contribution in [-0.2, 0) is 0 Å². The maximum Gasteiger partial charge on any atom is 0.255 e. The van der Waals surface area contributed by atoms with Crippen molar-refractivity contribution >= 4 is 45.6 Å². The zero-order valence-corrected chi connectivity index (χ0v) is 16.1. The van der Waals surface area contributed by atoms with Crippen LogP contribution < -0.4 is 5.73 Å². The van der Waals surface area contributed by atoms with Crippen molar-refractivity contribution in [3.05, 3.63) is 56.2 Å². The highest BCUT2D eigenvalue weighted by atomic mass is 79.9. The van der Waals surface area contributed by atoms with Crippen molar-refractivity contribution in [2.45, 2.75) is 12.8 Å². The molecule has 0 spiro atoms. The van der Waals surface area contributed by atoms with E-state index < -0.39 is 0 Å². The van der Waals surface area contributed by atoms with Gasteiger partial charge in [0, 0.05) is 23.9 Å². The van der Waals surface area contributed by atoms with Gasteiger partial charge >= 0.3 is 0 Å². The Bertz CT molecular complexity index is 676. The Morgan fingerprint density at radius 3 is 2.61 bits per heavy atom. The van der Waals surface area contributed by atoms with Gasteiger partial charge in [-0.25, -0.2) is 0 Å². The van der Waals surface area contributed by atoms with Gasteiger partial charge in [0.15, 0.2) is 0 Å². The lowest BCUT2D eigenvalue weighted by Gasteiger charge is -2.16. The van der Waals surface area contributed by atoms with Gasteiger partial charge in [-0.2, -0.15) is 0 Å². The second-order valence-electron chi connectivity index (χ2n) is 5.77. The van der Waals surface area contributed by atoms with E-state index in [9.17, 15) is 4.79 Å². The highest BCUT2D eigenvalue weighted by Gasteiger charge is 2.36. The third-order valence-electron chi connectivity index (χ3n) is 4.30. The minimum absolute atomic E-state index is 0. The van der Waals surface area contributed by atoms with Crippen LogP contribution in [0.2, 0.25) is 0 Å². The first-order valence-corrected chi connectivity index (χ1v) is 9.01. The number of carbonyl (C=O) groups excluding carboxylic acids is 1. The number of aryl methyl sites for hydroxylation is 1. The standard InChI is InChI=1S/C17H19BrN2OS.ClH/c1-11-7-14(16(18)22-11)17(21)20-9-13(8-19)15(10-20)12-5-3-2-4-6-12;/h2-7,13,15H,8-10,19H2,1H3;1H/t13-,15+;/m1./s1. The number of thiophene rings is 1. The molecule has 0 saturated carbocycles. The fourth-order valence-corrected chi connectivity index (χ4v) is 4.92. The third-order valence-corrected chi connectivity index (χ3v) is 6.05. The largest absolute Gasteiger partial charge is 0.338 e. The second-order valence-corrected chi connectivity index (χ2v) is 8.34. The Morgan fingerprint density at radius 2 is 2.04 bits per heavy atom. The average molecular weight is 416 g/mol. The molecule has 2 heterocycles. The molecule has 0 aliphatic carbocycles. The molecule has 2 atom stereocenters. The van der Waals surface area contributed by atoms with E-state index in [1.807, 2.05) is 36.1 Å². The van der Waals surface area contributed by atoms with E-state index in [1.165, 1.54) is 5.56 Å². The molecule has 1 fully saturated rings. The summed E-state index contributed by atoms with van der Waals surface area (Å²) in [6.45, 7) is 4.10. The second kappa shape index (κ2) is 7.79. The lowest BCUT2D eigenvalue weighted by molar-refractivity contribution is 0.0786. The van der Waals surface area contributed by atoms with Crippen LogP contribution >= 0.6 is 39.7 Å². The molecule has 0 unspecified atom stereocenters. The number of hydrogen-bond acceptors (Lipinski definition) is 3. The van der Waals surface area contributed by atoms with Gasteiger partial charge in [0.05, 0.1) is 9.35 Å². The zero-order valence-electron chi connectivity index (χ0n) is 12.9. The molecule has 0 radical (unpaired) electrons. The molecule has 3 nitrogen and oxygen atoms in total. The van der Waals surface area contributed by atoms with Crippen molar-refractivity contribution in [2.75, 3.05) is 19.6 Å². The molecule has 1 aromatic heterocycles. The first kappa shape index (κ1) is 18.5. The van der Waals surface area contributed by atoms with Gasteiger partial charge in [-0.15, -0.1) is 23.7 Å². The van der Waals surface area contributed by atoms with Crippen molar-refractivity contribution in [3.63, 3.8) is 0 Å². The normalized spacial score (nSPS) is 20.4. The third kappa shape index (κ3) is 3.79. The van der Waals surface area contributed by atoms with Crippen molar-refractivity contribution in [1.82, 2.24) is 4.90 Å². The van der Waals surface area contributed by atoms with Gasteiger partial charge in [-0.1, -0.05) is 30.3 Å². The van der Waals surface area contributed by atoms with Crippen molar-refractivity contribution < 1.29 is 4.79 Å². The van der Waals surface area contributed by atoms with Gasteiger partial charge in [0.2, 0.25) is 0 Å². The summed E-state index contributed by atoms with van der Waals surface area (Å²) in [4.78, 5) is 15.9. The molecule has 1 saturated heterocycles. The number of amides is 1. The molecule has 0 bridgehead atoms. The molecule has 6 heteroatoms. The smallest absolute Gasteiger partial charge is 0.255 e. The summed E-state index contributed by atoms with van der Waals surface area (Å²) in [5.41, 5.74) is 7.99. The molecule has 1 amide bonds. The summed E-state index contributed by atoms with van der Waals surface area (Å²) in [5, 5.41) is 0. The minimum atomic E-state index is 0. The topological polar surface area (TPSA) is 46.3 Å². The monoisotopic (exact) mass is 414 g/mol. The summed E-state index contributed by atoms with van der Waals surface area (Å²) in [6, 6.07) is 12.3. The van der Waals surface area contributed by atoms with Crippen LogP contribution in [0.25, 0.3) is 0 Å². The van der Waals surface area contributed by atoms with Gasteiger partial charge in [0.1, 0.15) is 0 Å². The summed E-state index contributed by atoms with van der Waals surface area (Å²) in [6.07, 6.45) is 0.